The first kappa shape index (κ1) is 46.2. The summed E-state index contributed by atoms with van der Waals surface area (Å²) < 4.78 is 11.1. The Morgan fingerprint density at radius 1 is 0.660 bits per heavy atom. The van der Waals surface area contributed by atoms with Crippen LogP contribution in [0.2, 0.25) is 0 Å². The molecule has 0 aliphatic carbocycles. The predicted molar refractivity (Wildman–Crippen MR) is 203 cm³/mol. The van der Waals surface area contributed by atoms with Gasteiger partial charge in [-0.05, 0) is 70.6 Å². The topological polar surface area (TPSA) is 149 Å². The van der Waals surface area contributed by atoms with Gasteiger partial charge < -0.3 is 40.3 Å². The molecule has 1 aliphatic rings. The van der Waals surface area contributed by atoms with Crippen molar-refractivity contribution in [2.24, 2.45) is 0 Å². The summed E-state index contributed by atoms with van der Waals surface area (Å²) in [6.45, 7) is 3.67. The third-order valence-corrected chi connectivity index (χ3v) is 9.10. The van der Waals surface area contributed by atoms with Crippen LogP contribution < -0.4 is 5.32 Å². The highest BCUT2D eigenvalue weighted by molar-refractivity contribution is 5.76. The lowest BCUT2D eigenvalue weighted by Gasteiger charge is -2.40. The molecule has 1 aliphatic heterocycles. The summed E-state index contributed by atoms with van der Waals surface area (Å²) in [4.78, 5) is 12.9. The molecule has 7 unspecified atom stereocenters. The minimum absolute atomic E-state index is 0.205. The molecule has 6 N–H and O–H groups in total. The fraction of sp³-hybridized carbons (Fsp3) is 0.780. The summed E-state index contributed by atoms with van der Waals surface area (Å²) in [7, 11) is 0. The van der Waals surface area contributed by atoms with Gasteiger partial charge in [-0.1, -0.05) is 120 Å². The van der Waals surface area contributed by atoms with Crippen molar-refractivity contribution in [2.75, 3.05) is 13.2 Å². The van der Waals surface area contributed by atoms with Crippen LogP contribution in [0.25, 0.3) is 0 Å². The summed E-state index contributed by atoms with van der Waals surface area (Å²) >= 11 is 0. The van der Waals surface area contributed by atoms with Crippen molar-refractivity contribution >= 4 is 5.91 Å². The highest BCUT2D eigenvalue weighted by atomic mass is 16.7. The van der Waals surface area contributed by atoms with Crippen LogP contribution in [0.5, 0.6) is 0 Å². The van der Waals surface area contributed by atoms with Gasteiger partial charge in [-0.3, -0.25) is 4.79 Å². The molecule has 290 valence electrons. The molecule has 1 saturated heterocycles. The van der Waals surface area contributed by atoms with Crippen LogP contribution in [0.3, 0.4) is 0 Å². The summed E-state index contributed by atoms with van der Waals surface area (Å²) in [6.07, 6.45) is 31.5. The van der Waals surface area contributed by atoms with Gasteiger partial charge in [-0.15, -0.1) is 0 Å². The number of aliphatic hydroxyl groups excluding tert-OH is 5. The Bertz CT molecular complexity index is 920. The second-order valence-corrected chi connectivity index (χ2v) is 13.7. The molecule has 1 heterocycles. The first-order valence-corrected chi connectivity index (χ1v) is 19.9. The van der Waals surface area contributed by atoms with Gasteiger partial charge in [0.15, 0.2) is 6.29 Å². The summed E-state index contributed by atoms with van der Waals surface area (Å²) in [5, 5.41) is 53.9. The zero-order chi connectivity index (χ0) is 36.7. The molecule has 1 fully saturated rings. The van der Waals surface area contributed by atoms with Gasteiger partial charge in [0.25, 0.3) is 0 Å². The first-order chi connectivity index (χ1) is 24.3. The third kappa shape index (κ3) is 22.9. The number of carbonyl (C=O) groups excluding carboxylic acids is 1. The van der Waals surface area contributed by atoms with Crippen molar-refractivity contribution in [2.45, 2.75) is 192 Å². The minimum Gasteiger partial charge on any atom is -0.394 e. The van der Waals surface area contributed by atoms with E-state index in [1.807, 2.05) is 6.08 Å². The van der Waals surface area contributed by atoms with Gasteiger partial charge in [0.2, 0.25) is 5.91 Å². The lowest BCUT2D eigenvalue weighted by molar-refractivity contribution is -0.302. The highest BCUT2D eigenvalue weighted by Crippen LogP contribution is 2.22. The predicted octanol–water partition coefficient (Wildman–Crippen LogP) is 7.11. The van der Waals surface area contributed by atoms with Crippen molar-refractivity contribution in [3.05, 3.63) is 48.6 Å². The SMILES string of the molecule is CCCCCC/C=C\CCCCCCCC(=O)NC(COC1OC(CO)C(O)C(O)C1O)C(O)/C=C/CC/C=C/CC/C=C/CCCCCC. The van der Waals surface area contributed by atoms with Crippen LogP contribution in [-0.4, -0.2) is 87.5 Å². The molecule has 0 aromatic rings. The number of carbonyl (C=O) groups is 1. The highest BCUT2D eigenvalue weighted by Gasteiger charge is 2.44. The van der Waals surface area contributed by atoms with Gasteiger partial charge in [-0.2, -0.15) is 0 Å². The van der Waals surface area contributed by atoms with E-state index in [4.69, 9.17) is 9.47 Å². The molecule has 0 bridgehead atoms. The quantitative estimate of drug-likeness (QED) is 0.0330. The normalized spacial score (nSPS) is 22.7. The van der Waals surface area contributed by atoms with E-state index < -0.39 is 49.5 Å². The van der Waals surface area contributed by atoms with Gasteiger partial charge in [0, 0.05) is 6.42 Å². The second-order valence-electron chi connectivity index (χ2n) is 13.7. The molecule has 0 aromatic heterocycles. The Morgan fingerprint density at radius 3 is 1.68 bits per heavy atom. The number of hydrogen-bond donors (Lipinski definition) is 6. The number of ether oxygens (including phenoxy) is 2. The second kappa shape index (κ2) is 31.9. The molecule has 1 rings (SSSR count). The van der Waals surface area contributed by atoms with Crippen molar-refractivity contribution in [3.8, 4) is 0 Å². The summed E-state index contributed by atoms with van der Waals surface area (Å²) in [6, 6.07) is -0.829. The molecule has 7 atom stereocenters. The van der Waals surface area contributed by atoms with E-state index in [0.29, 0.717) is 6.42 Å². The van der Waals surface area contributed by atoms with Crippen LogP contribution >= 0.6 is 0 Å². The lowest BCUT2D eigenvalue weighted by atomic mass is 9.99. The Labute approximate surface area is 303 Å². The van der Waals surface area contributed by atoms with Gasteiger partial charge in [0.1, 0.15) is 24.4 Å². The maximum absolute atomic E-state index is 12.9. The Balaban J connectivity index is 2.50. The van der Waals surface area contributed by atoms with Crippen LogP contribution in [0.1, 0.15) is 149 Å². The monoisotopic (exact) mass is 708 g/mol. The van der Waals surface area contributed by atoms with E-state index in [2.05, 4.69) is 55.6 Å². The number of hydrogen-bond acceptors (Lipinski definition) is 8. The molecule has 0 radical (unpaired) electrons. The maximum atomic E-state index is 12.9. The molecule has 0 saturated carbocycles. The maximum Gasteiger partial charge on any atom is 0.220 e. The first-order valence-electron chi connectivity index (χ1n) is 19.9. The van der Waals surface area contributed by atoms with Crippen molar-refractivity contribution in [1.29, 1.82) is 0 Å². The number of unbranched alkanes of at least 4 members (excludes halogenated alkanes) is 15. The number of allylic oxidation sites excluding steroid dienone is 7. The smallest absolute Gasteiger partial charge is 0.220 e. The minimum atomic E-state index is -1.57. The molecule has 0 spiro atoms. The Morgan fingerprint density at radius 2 is 1.14 bits per heavy atom. The third-order valence-electron chi connectivity index (χ3n) is 9.10. The van der Waals surface area contributed by atoms with Crippen LogP contribution in [0.4, 0.5) is 0 Å². The number of amides is 1. The van der Waals surface area contributed by atoms with E-state index in [1.54, 1.807) is 6.08 Å². The summed E-state index contributed by atoms with van der Waals surface area (Å²) in [5.74, 6) is -0.205. The van der Waals surface area contributed by atoms with Gasteiger partial charge >= 0.3 is 0 Å². The molecule has 9 heteroatoms. The molecule has 1 amide bonds. The average Bonchev–Trinajstić information content (AvgIpc) is 3.11. The standard InChI is InChI=1S/C41H73NO8/c1-3-5-7-9-11-13-15-17-19-20-22-24-26-28-30-35(44)34(33-49-41-40(48)39(47)38(46)36(32-43)50-41)42-37(45)31-29-27-25-23-21-18-16-14-12-10-8-6-4-2/h13-16,20,22,28,30,34-36,38-41,43-44,46-48H,3-12,17-19,21,23-27,29,31-33H2,1-2H3,(H,42,45)/b15-13+,16-14-,22-20+,30-28+. The molecular formula is C41H73NO8. The zero-order valence-corrected chi connectivity index (χ0v) is 31.4. The van der Waals surface area contributed by atoms with Crippen LogP contribution in [0.15, 0.2) is 48.6 Å². The van der Waals surface area contributed by atoms with E-state index >= 15 is 0 Å². The summed E-state index contributed by atoms with van der Waals surface area (Å²) in [5.41, 5.74) is 0. The number of nitrogens with one attached hydrogen (secondary N) is 1. The van der Waals surface area contributed by atoms with E-state index in [9.17, 15) is 30.3 Å². The molecule has 50 heavy (non-hydrogen) atoms. The van der Waals surface area contributed by atoms with Crippen molar-refractivity contribution in [1.82, 2.24) is 5.32 Å². The Kier molecular flexibility index (Phi) is 29.4. The zero-order valence-electron chi connectivity index (χ0n) is 31.4. The molecule has 0 aromatic carbocycles. The van der Waals surface area contributed by atoms with Crippen molar-refractivity contribution in [3.63, 3.8) is 0 Å². The lowest BCUT2D eigenvalue weighted by Crippen LogP contribution is -2.60. The number of rotatable bonds is 31. The van der Waals surface area contributed by atoms with Gasteiger partial charge in [0.05, 0.1) is 25.4 Å². The average molecular weight is 708 g/mol. The van der Waals surface area contributed by atoms with Crippen LogP contribution in [0, 0.1) is 0 Å². The molecule has 9 nitrogen and oxygen atoms in total. The fourth-order valence-electron chi connectivity index (χ4n) is 5.83. The van der Waals surface area contributed by atoms with E-state index in [1.165, 1.54) is 57.8 Å². The van der Waals surface area contributed by atoms with Gasteiger partial charge in [-0.25, -0.2) is 0 Å². The van der Waals surface area contributed by atoms with E-state index in [-0.39, 0.29) is 12.5 Å². The molecular weight excluding hydrogens is 634 g/mol. The van der Waals surface area contributed by atoms with E-state index in [0.717, 1.165) is 70.6 Å². The largest absolute Gasteiger partial charge is 0.394 e. The number of aliphatic hydroxyl groups is 5. The fourth-order valence-corrected chi connectivity index (χ4v) is 5.83. The Hall–Kier alpha value is -1.85. The van der Waals surface area contributed by atoms with Crippen molar-refractivity contribution < 1.29 is 39.8 Å². The van der Waals surface area contributed by atoms with Crippen LogP contribution in [-0.2, 0) is 14.3 Å².